The largest absolute Gasteiger partial charge is 0.512 e. The number of hydrogen-bond donors (Lipinski definition) is 5. The Labute approximate surface area is 308 Å². The summed E-state index contributed by atoms with van der Waals surface area (Å²) in [7, 11) is -3.01. The fourth-order valence-electron chi connectivity index (χ4n) is 7.23. The number of carboxylic acids is 1. The van der Waals surface area contributed by atoms with Gasteiger partial charge in [-0.15, -0.1) is 0 Å². The van der Waals surface area contributed by atoms with Crippen molar-refractivity contribution < 1.29 is 42.3 Å². The lowest BCUT2D eigenvalue weighted by molar-refractivity contribution is -0.140. The third-order valence-corrected chi connectivity index (χ3v) is 10.9. The van der Waals surface area contributed by atoms with E-state index in [0.717, 1.165) is 23.4 Å². The van der Waals surface area contributed by atoms with Gasteiger partial charge in [0.05, 0.1) is 64.8 Å². The second-order valence-corrected chi connectivity index (χ2v) is 15.1. The SMILES string of the molecule is CC[C@H]1C2=CC3=NC(=C(CC(=O)OC)C4=NC(=CC5=C(C)/C(=C(/C)O)C(=N5)C=C(N2)[C@@H]1C)C(C)=C4CCC(=O)O)C(C(=O)NCCCS(=O)(=O)O)=C3C. The lowest BCUT2D eigenvalue weighted by atomic mass is 9.89. The smallest absolute Gasteiger partial charge is 0.310 e. The standard InChI is InChI=1S/C38H45N5O9S/c1-8-23-18(2)26-17-31-34(22(6)44)20(4)28(41-31)15-27-19(3)24(10-11-32(45)46)36(42-27)25(14-33(47)52-7)37-35(21(5)29(43-37)16-30(23)40-26)38(48)39-12-9-13-53(49,50)51/h15-18,23,40,44H,8-14H2,1-7H3,(H,39,48)(H,45,46)(H,49,50,51)/b26-17?,27-15?,30-16?,34-22+,37-25?/t18-,23-/m1/s1. The van der Waals surface area contributed by atoms with Crippen LogP contribution in [0.1, 0.15) is 73.6 Å². The molecule has 0 aromatic heterocycles. The number of methoxy groups -OCH3 is 1. The first-order valence-electron chi connectivity index (χ1n) is 17.4. The fourth-order valence-corrected chi connectivity index (χ4v) is 7.74. The molecule has 0 unspecified atom stereocenters. The summed E-state index contributed by atoms with van der Waals surface area (Å²) in [6.45, 7) is 11.1. The van der Waals surface area contributed by atoms with E-state index in [2.05, 4.69) is 24.5 Å². The van der Waals surface area contributed by atoms with Crippen molar-refractivity contribution in [3.8, 4) is 0 Å². The third-order valence-electron chi connectivity index (χ3n) is 10.1. The summed E-state index contributed by atoms with van der Waals surface area (Å²) < 4.78 is 37.0. The molecule has 14 nitrogen and oxygen atoms in total. The molecule has 1 amide bonds. The first kappa shape index (κ1) is 39.1. The summed E-state index contributed by atoms with van der Waals surface area (Å²) in [5, 5.41) is 26.8. The monoisotopic (exact) mass is 747 g/mol. The van der Waals surface area contributed by atoms with Crippen LogP contribution in [0.15, 0.2) is 106 Å². The maximum atomic E-state index is 14.0. The Morgan fingerprint density at radius 3 is 2.28 bits per heavy atom. The van der Waals surface area contributed by atoms with E-state index in [1.54, 1.807) is 26.8 Å². The minimum Gasteiger partial charge on any atom is -0.512 e. The molecule has 5 heterocycles. The predicted octanol–water partition coefficient (Wildman–Crippen LogP) is 5.10. The molecule has 53 heavy (non-hydrogen) atoms. The van der Waals surface area contributed by atoms with E-state index in [4.69, 9.17) is 19.7 Å². The Morgan fingerprint density at radius 2 is 1.66 bits per heavy atom. The van der Waals surface area contributed by atoms with Crippen LogP contribution in [-0.2, 0) is 29.2 Å². The molecular weight excluding hydrogens is 703 g/mol. The van der Waals surface area contributed by atoms with Gasteiger partial charge in [0.2, 0.25) is 0 Å². The van der Waals surface area contributed by atoms with Gasteiger partial charge in [0.25, 0.3) is 16.0 Å². The van der Waals surface area contributed by atoms with Gasteiger partial charge in [0.1, 0.15) is 0 Å². The van der Waals surface area contributed by atoms with Crippen LogP contribution in [0.3, 0.4) is 0 Å². The van der Waals surface area contributed by atoms with Crippen LogP contribution in [0.4, 0.5) is 0 Å². The number of aliphatic carboxylic acids is 1. The Bertz CT molecular complexity index is 2150. The normalized spacial score (nSPS) is 22.3. The molecule has 5 aliphatic heterocycles. The number of fused-ring (bicyclic) bond motifs is 5. The van der Waals surface area contributed by atoms with Crippen LogP contribution < -0.4 is 10.6 Å². The number of aliphatic hydroxyl groups excluding tert-OH is 1. The van der Waals surface area contributed by atoms with Crippen molar-refractivity contribution >= 4 is 45.1 Å². The quantitative estimate of drug-likeness (QED) is 0.0816. The van der Waals surface area contributed by atoms with Crippen LogP contribution in [0.25, 0.3) is 0 Å². The van der Waals surface area contributed by atoms with Crippen molar-refractivity contribution in [1.29, 1.82) is 0 Å². The summed E-state index contributed by atoms with van der Waals surface area (Å²) in [6, 6.07) is 0. The van der Waals surface area contributed by atoms with Crippen LogP contribution in [0.2, 0.25) is 0 Å². The van der Waals surface area contributed by atoms with Crippen molar-refractivity contribution in [3.63, 3.8) is 0 Å². The van der Waals surface area contributed by atoms with E-state index in [-0.39, 0.29) is 72.4 Å². The molecule has 1 fully saturated rings. The third kappa shape index (κ3) is 8.10. The summed E-state index contributed by atoms with van der Waals surface area (Å²) in [5.74, 6) is -2.66. The highest BCUT2D eigenvalue weighted by atomic mass is 32.2. The average molecular weight is 748 g/mol. The van der Waals surface area contributed by atoms with E-state index >= 15 is 0 Å². The number of amides is 1. The second-order valence-electron chi connectivity index (χ2n) is 13.6. The fraction of sp³-hybridized carbons (Fsp3) is 0.421. The molecule has 0 saturated carbocycles. The zero-order valence-corrected chi connectivity index (χ0v) is 31.7. The molecule has 0 spiro atoms. The number of rotatable bonds is 11. The molecule has 5 N–H and O–H groups in total. The van der Waals surface area contributed by atoms with Crippen LogP contribution in [0.5, 0.6) is 0 Å². The number of allylic oxidation sites excluding steroid dienone is 11. The molecule has 0 radical (unpaired) electrons. The number of hydrogen-bond acceptors (Lipinski definition) is 11. The Balaban J connectivity index is 1.83. The molecule has 1 saturated heterocycles. The summed E-state index contributed by atoms with van der Waals surface area (Å²) >= 11 is 0. The van der Waals surface area contributed by atoms with Crippen molar-refractivity contribution in [3.05, 3.63) is 91.5 Å². The summed E-state index contributed by atoms with van der Waals surface area (Å²) in [5.41, 5.74) is 7.51. The van der Waals surface area contributed by atoms with Crippen molar-refractivity contribution in [2.24, 2.45) is 26.8 Å². The lowest BCUT2D eigenvalue weighted by Crippen LogP contribution is -2.29. The van der Waals surface area contributed by atoms with E-state index < -0.39 is 33.7 Å². The van der Waals surface area contributed by atoms with E-state index in [1.807, 2.05) is 19.1 Å². The maximum absolute atomic E-state index is 14.0. The van der Waals surface area contributed by atoms with Crippen LogP contribution >= 0.6 is 0 Å². The molecular formula is C38H45N5O9S. The van der Waals surface area contributed by atoms with Crippen LogP contribution in [-0.4, -0.2) is 77.6 Å². The first-order chi connectivity index (χ1) is 24.9. The maximum Gasteiger partial charge on any atom is 0.310 e. The van der Waals surface area contributed by atoms with Crippen molar-refractivity contribution in [2.45, 2.75) is 73.6 Å². The first-order valence-corrected chi connectivity index (χ1v) is 19.0. The average Bonchev–Trinajstić information content (AvgIpc) is 3.77. The number of aliphatic hydroxyl groups is 1. The van der Waals surface area contributed by atoms with Gasteiger partial charge in [-0.05, 0) is 87.5 Å². The van der Waals surface area contributed by atoms with Gasteiger partial charge in [-0.3, -0.25) is 18.9 Å². The molecule has 5 aliphatic rings. The number of carboxylic acid groups (broad SMARTS) is 1. The van der Waals surface area contributed by atoms with E-state index in [0.29, 0.717) is 45.1 Å². The Hall–Kier alpha value is -5.15. The van der Waals surface area contributed by atoms with Gasteiger partial charge in [-0.1, -0.05) is 13.8 Å². The number of nitrogens with one attached hydrogen (secondary N) is 2. The van der Waals surface area contributed by atoms with Gasteiger partial charge < -0.3 is 25.6 Å². The van der Waals surface area contributed by atoms with E-state index in [9.17, 15) is 37.6 Å². The van der Waals surface area contributed by atoms with E-state index in [1.165, 1.54) is 7.11 Å². The number of ether oxygens (including phenoxy) is 1. The Morgan fingerprint density at radius 1 is 0.962 bits per heavy atom. The van der Waals surface area contributed by atoms with Crippen molar-refractivity contribution in [2.75, 3.05) is 19.4 Å². The van der Waals surface area contributed by atoms with Gasteiger partial charge >= 0.3 is 11.9 Å². The predicted molar refractivity (Wildman–Crippen MR) is 201 cm³/mol. The minimum atomic E-state index is -4.25. The van der Waals surface area contributed by atoms with Gasteiger partial charge in [-0.25, -0.2) is 15.0 Å². The topological polar surface area (TPSA) is 216 Å². The number of nitrogens with zero attached hydrogens (tertiary/aromatic N) is 3. The molecule has 0 aromatic carbocycles. The molecule has 5 rings (SSSR count). The highest BCUT2D eigenvalue weighted by Crippen LogP contribution is 2.42. The number of aliphatic imine (C=N–C) groups is 3. The number of carbonyl (C=O) groups excluding carboxylic acids is 2. The molecule has 282 valence electrons. The highest BCUT2D eigenvalue weighted by Gasteiger charge is 2.37. The highest BCUT2D eigenvalue weighted by molar-refractivity contribution is 7.85. The Kier molecular flexibility index (Phi) is 11.4. The number of carbonyl (C=O) groups is 3. The van der Waals surface area contributed by atoms with Crippen molar-refractivity contribution in [1.82, 2.24) is 10.6 Å². The molecule has 0 aromatic rings. The lowest BCUT2D eigenvalue weighted by Gasteiger charge is -2.15. The molecule has 8 bridgehead atoms. The number of esters is 1. The zero-order chi connectivity index (χ0) is 38.9. The molecule has 2 atom stereocenters. The van der Waals surface area contributed by atoms with Crippen LogP contribution in [0, 0.1) is 11.8 Å². The molecule has 0 aliphatic carbocycles. The van der Waals surface area contributed by atoms with Gasteiger partial charge in [-0.2, -0.15) is 8.42 Å². The van der Waals surface area contributed by atoms with Gasteiger partial charge in [0.15, 0.2) is 0 Å². The van der Waals surface area contributed by atoms with Gasteiger partial charge in [0, 0.05) is 47.3 Å². The second kappa shape index (κ2) is 15.4. The zero-order valence-electron chi connectivity index (χ0n) is 30.9. The summed E-state index contributed by atoms with van der Waals surface area (Å²) in [4.78, 5) is 53.9. The molecule has 15 heteroatoms. The minimum absolute atomic E-state index is 0.0258. The summed E-state index contributed by atoms with van der Waals surface area (Å²) in [6.07, 6.45) is 5.73.